The molecule has 0 aromatic heterocycles. The van der Waals surface area contributed by atoms with E-state index in [0.29, 0.717) is 23.7 Å². The van der Waals surface area contributed by atoms with Gasteiger partial charge in [-0.25, -0.2) is 0 Å². The molecule has 0 N–H and O–H groups in total. The molecule has 6 rings (SSSR count). The summed E-state index contributed by atoms with van der Waals surface area (Å²) in [5.41, 5.74) is 1.70. The highest BCUT2D eigenvalue weighted by atomic mass is 16.5. The van der Waals surface area contributed by atoms with Gasteiger partial charge in [-0.2, -0.15) is 0 Å². The lowest BCUT2D eigenvalue weighted by atomic mass is 9.46. The largest absolute Gasteiger partial charge is 0.462 e. The molecule has 5 heteroatoms. The van der Waals surface area contributed by atoms with Crippen LogP contribution in [0.4, 0.5) is 0 Å². The zero-order valence-corrected chi connectivity index (χ0v) is 23.3. The summed E-state index contributed by atoms with van der Waals surface area (Å²) in [4.78, 5) is 26.5. The average Bonchev–Trinajstić information content (AvgIpc) is 3.26. The summed E-state index contributed by atoms with van der Waals surface area (Å²) in [5, 5.41) is 0. The van der Waals surface area contributed by atoms with Crippen LogP contribution in [0.2, 0.25) is 0 Å². The molecule has 2 aliphatic heterocycles. The fourth-order valence-electron chi connectivity index (χ4n) is 10.8. The number of amides is 1. The number of carbonyl (C=O) groups is 2. The van der Waals surface area contributed by atoms with Crippen molar-refractivity contribution >= 4 is 11.9 Å². The van der Waals surface area contributed by atoms with Gasteiger partial charge >= 0.3 is 5.97 Å². The van der Waals surface area contributed by atoms with E-state index in [4.69, 9.17) is 9.47 Å². The molecule has 1 amide bonds. The van der Waals surface area contributed by atoms with Gasteiger partial charge in [0, 0.05) is 32.7 Å². The van der Waals surface area contributed by atoms with Crippen LogP contribution in [-0.4, -0.2) is 41.3 Å². The second-order valence-corrected chi connectivity index (χ2v) is 14.1. The average molecular weight is 498 g/mol. The lowest BCUT2D eigenvalue weighted by molar-refractivity contribution is -0.200. The number of hydrogen-bond donors (Lipinski definition) is 0. The van der Waals surface area contributed by atoms with Crippen molar-refractivity contribution in [3.8, 4) is 0 Å². The molecule has 4 aliphatic carbocycles. The van der Waals surface area contributed by atoms with Gasteiger partial charge in [-0.05, 0) is 91.8 Å². The molecule has 200 valence electrons. The molecule has 1 spiro atoms. The molecule has 36 heavy (non-hydrogen) atoms. The summed E-state index contributed by atoms with van der Waals surface area (Å²) in [6.45, 7) is 13.9. The number of piperidine rings is 1. The number of esters is 1. The number of rotatable bonds is 1. The van der Waals surface area contributed by atoms with Gasteiger partial charge in [-0.15, -0.1) is 0 Å². The topological polar surface area (TPSA) is 55.8 Å². The zero-order valence-electron chi connectivity index (χ0n) is 23.3. The first kappa shape index (κ1) is 24.9. The van der Waals surface area contributed by atoms with Crippen LogP contribution in [-0.2, 0) is 19.1 Å². The van der Waals surface area contributed by atoms with Gasteiger partial charge in [0.2, 0.25) is 5.91 Å². The van der Waals surface area contributed by atoms with E-state index >= 15 is 0 Å². The van der Waals surface area contributed by atoms with Crippen LogP contribution in [0.3, 0.4) is 0 Å². The first-order valence-electron chi connectivity index (χ1n) is 14.8. The fraction of sp³-hybridized carbons (Fsp3) is 0.871. The molecule has 0 aromatic carbocycles. The van der Waals surface area contributed by atoms with Crippen LogP contribution in [0.5, 0.6) is 0 Å². The van der Waals surface area contributed by atoms with Gasteiger partial charge in [-0.3, -0.25) is 9.59 Å². The molecule has 5 fully saturated rings. The second kappa shape index (κ2) is 8.32. The predicted molar refractivity (Wildman–Crippen MR) is 139 cm³/mol. The van der Waals surface area contributed by atoms with Crippen LogP contribution >= 0.6 is 0 Å². The lowest BCUT2D eigenvalue weighted by Gasteiger charge is -2.59. The summed E-state index contributed by atoms with van der Waals surface area (Å²) < 4.78 is 12.7. The maximum absolute atomic E-state index is 12.8. The minimum atomic E-state index is -0.390. The van der Waals surface area contributed by atoms with Crippen LogP contribution in [0, 0.1) is 46.3 Å². The van der Waals surface area contributed by atoms with Crippen molar-refractivity contribution in [1.82, 2.24) is 4.90 Å². The quantitative estimate of drug-likeness (QED) is 0.324. The third-order valence-corrected chi connectivity index (χ3v) is 12.4. The normalized spacial score (nSPS) is 51.6. The van der Waals surface area contributed by atoms with Crippen molar-refractivity contribution in [1.29, 1.82) is 0 Å². The standard InChI is InChI=1S/C31H47NO4/c1-18-9-14-31(32(17-18)20(3)33)19(2)28-27(36-31)16-26-24-8-7-22-15-23(35-21(4)34)10-12-29(22,5)25(24)11-13-30(26,28)6/h7,18-19,23-28H,8-17H2,1-6H3/t18-,19+,23+,24+,25-,26-,27-,28-,29+,30+,31-/m1/s1. The van der Waals surface area contributed by atoms with Gasteiger partial charge in [-0.1, -0.05) is 39.3 Å². The van der Waals surface area contributed by atoms with E-state index in [1.807, 2.05) is 0 Å². The lowest BCUT2D eigenvalue weighted by Crippen LogP contribution is -2.60. The monoisotopic (exact) mass is 497 g/mol. The maximum Gasteiger partial charge on any atom is 0.302 e. The van der Waals surface area contributed by atoms with Crippen LogP contribution in [0.15, 0.2) is 11.6 Å². The minimum absolute atomic E-state index is 0.0611. The second-order valence-electron chi connectivity index (χ2n) is 14.1. The molecular weight excluding hydrogens is 450 g/mol. The maximum atomic E-state index is 12.8. The number of carbonyl (C=O) groups excluding carboxylic acids is 2. The highest BCUT2D eigenvalue weighted by Gasteiger charge is 2.69. The summed E-state index contributed by atoms with van der Waals surface area (Å²) in [6.07, 6.45) is 13.0. The number of likely N-dealkylation sites (tertiary alicyclic amines) is 1. The Morgan fingerprint density at radius 3 is 2.56 bits per heavy atom. The molecule has 6 aliphatic rings. The van der Waals surface area contributed by atoms with Crippen molar-refractivity contribution in [2.24, 2.45) is 46.3 Å². The molecule has 0 unspecified atom stereocenters. The van der Waals surface area contributed by atoms with E-state index in [1.54, 1.807) is 12.5 Å². The Morgan fingerprint density at radius 2 is 1.83 bits per heavy atom. The Balaban J connectivity index is 1.26. The molecule has 5 nitrogen and oxygen atoms in total. The number of ether oxygens (including phenoxy) is 2. The molecule has 0 aromatic rings. The molecular formula is C31H47NO4. The number of hydrogen-bond acceptors (Lipinski definition) is 4. The zero-order chi connectivity index (χ0) is 25.6. The van der Waals surface area contributed by atoms with E-state index in [2.05, 4.69) is 38.7 Å². The van der Waals surface area contributed by atoms with Crippen molar-refractivity contribution in [2.45, 2.75) is 117 Å². The summed E-state index contributed by atoms with van der Waals surface area (Å²) in [7, 11) is 0. The molecule has 2 saturated heterocycles. The van der Waals surface area contributed by atoms with E-state index < -0.39 is 0 Å². The smallest absolute Gasteiger partial charge is 0.302 e. The van der Waals surface area contributed by atoms with E-state index in [9.17, 15) is 9.59 Å². The van der Waals surface area contributed by atoms with Crippen LogP contribution < -0.4 is 0 Å². The number of allylic oxidation sites excluding steroid dienone is 1. The first-order chi connectivity index (χ1) is 17.0. The van der Waals surface area contributed by atoms with E-state index in [-0.39, 0.29) is 40.6 Å². The summed E-state index contributed by atoms with van der Waals surface area (Å²) in [5.74, 6) is 3.64. The van der Waals surface area contributed by atoms with Gasteiger partial charge in [0.25, 0.3) is 0 Å². The minimum Gasteiger partial charge on any atom is -0.462 e. The van der Waals surface area contributed by atoms with Crippen LogP contribution in [0.1, 0.15) is 99.3 Å². The van der Waals surface area contributed by atoms with Crippen molar-refractivity contribution < 1.29 is 19.1 Å². The van der Waals surface area contributed by atoms with Gasteiger partial charge < -0.3 is 14.4 Å². The molecule has 0 radical (unpaired) electrons. The van der Waals surface area contributed by atoms with Crippen LogP contribution in [0.25, 0.3) is 0 Å². The van der Waals surface area contributed by atoms with Crippen molar-refractivity contribution in [3.63, 3.8) is 0 Å². The van der Waals surface area contributed by atoms with Gasteiger partial charge in [0.1, 0.15) is 11.8 Å². The highest BCUT2D eigenvalue weighted by Crippen LogP contribution is 2.70. The third-order valence-electron chi connectivity index (χ3n) is 12.4. The van der Waals surface area contributed by atoms with E-state index in [0.717, 1.165) is 56.9 Å². The highest BCUT2D eigenvalue weighted by molar-refractivity contribution is 5.74. The Morgan fingerprint density at radius 1 is 1.06 bits per heavy atom. The summed E-state index contributed by atoms with van der Waals surface area (Å²) >= 11 is 0. The SMILES string of the molecule is CC(=O)O[C@H]1CC[C@@]2(C)C(=CC[C@@H]3[C@H]4C[C@H]5O[C@]6(CC[C@@H](C)CN6C(C)=O)[C@@H](C)[C@H]5[C@@]4(C)CC[C@H]32)C1. The predicted octanol–water partition coefficient (Wildman–Crippen LogP) is 6.12. The first-order valence-corrected chi connectivity index (χ1v) is 14.8. The van der Waals surface area contributed by atoms with Crippen molar-refractivity contribution in [2.75, 3.05) is 6.54 Å². The fourth-order valence-corrected chi connectivity index (χ4v) is 10.8. The third kappa shape index (κ3) is 3.36. The van der Waals surface area contributed by atoms with Gasteiger partial charge in [0.05, 0.1) is 6.10 Å². The number of nitrogens with zero attached hydrogens (tertiary/aromatic N) is 1. The Bertz CT molecular complexity index is 976. The Kier molecular flexibility index (Phi) is 5.76. The van der Waals surface area contributed by atoms with E-state index in [1.165, 1.54) is 26.2 Å². The molecule has 2 heterocycles. The number of fused-ring (bicyclic) bond motifs is 7. The Hall–Kier alpha value is -1.36. The molecule has 11 atom stereocenters. The molecule has 0 bridgehead atoms. The molecule has 3 saturated carbocycles. The van der Waals surface area contributed by atoms with Crippen molar-refractivity contribution in [3.05, 3.63) is 11.6 Å². The van der Waals surface area contributed by atoms with Gasteiger partial charge in [0.15, 0.2) is 0 Å². The Labute approximate surface area is 217 Å². The summed E-state index contributed by atoms with van der Waals surface area (Å²) in [6, 6.07) is 0.